The highest BCUT2D eigenvalue weighted by atomic mass is 35.5. The molecule has 0 aliphatic heterocycles. The summed E-state index contributed by atoms with van der Waals surface area (Å²) in [6, 6.07) is 5.82. The lowest BCUT2D eigenvalue weighted by Crippen LogP contribution is -2.14. The Hall–Kier alpha value is -0.620. The van der Waals surface area contributed by atoms with Gasteiger partial charge < -0.3 is 5.73 Å². The fourth-order valence-electron chi connectivity index (χ4n) is 1.12. The molecule has 0 fully saturated rings. The van der Waals surface area contributed by atoms with Gasteiger partial charge in [-0.15, -0.1) is 12.4 Å². The smallest absolute Gasteiger partial charge is 0.182 e. The molecule has 0 saturated carbocycles. The second-order valence-electron chi connectivity index (χ2n) is 3.19. The Morgan fingerprint density at radius 3 is 2.59 bits per heavy atom. The van der Waals surface area contributed by atoms with Crippen LogP contribution in [0.25, 0.3) is 0 Å². The summed E-state index contributed by atoms with van der Waals surface area (Å²) < 4.78 is 35.8. The maximum Gasteiger partial charge on any atom is 0.182 e. The van der Waals surface area contributed by atoms with E-state index < -0.39 is 15.6 Å². The predicted octanol–water partition coefficient (Wildman–Crippen LogP) is 2.35. The van der Waals surface area contributed by atoms with Crippen molar-refractivity contribution in [2.24, 2.45) is 5.73 Å². The average molecular weight is 300 g/mol. The van der Waals surface area contributed by atoms with Gasteiger partial charge in [-0.1, -0.05) is 17.7 Å². The molecule has 2 N–H and O–H groups in total. The summed E-state index contributed by atoms with van der Waals surface area (Å²) in [6.07, 6.45) is 0.224. The molecule has 7 heteroatoms. The number of halogens is 3. The van der Waals surface area contributed by atoms with Crippen LogP contribution < -0.4 is 5.73 Å². The number of hydrogen-bond donors (Lipinski definition) is 1. The molecule has 0 saturated heterocycles. The molecule has 1 rings (SSSR count). The SMILES string of the molecule is Cl.NC/C(=C\F)CS(=O)(=O)c1cccc(Cl)c1. The van der Waals surface area contributed by atoms with E-state index >= 15 is 0 Å². The van der Waals surface area contributed by atoms with E-state index in [4.69, 9.17) is 17.3 Å². The van der Waals surface area contributed by atoms with Crippen molar-refractivity contribution in [2.45, 2.75) is 4.90 Å². The van der Waals surface area contributed by atoms with Crippen molar-refractivity contribution in [3.05, 3.63) is 41.2 Å². The Bertz CT molecular complexity index is 503. The molecular formula is C10H12Cl2FNO2S. The summed E-state index contributed by atoms with van der Waals surface area (Å²) in [4.78, 5) is 0.0628. The third kappa shape index (κ3) is 4.63. The molecule has 1 aromatic rings. The lowest BCUT2D eigenvalue weighted by molar-refractivity contribution is 0.596. The summed E-state index contributed by atoms with van der Waals surface area (Å²) in [7, 11) is -3.58. The zero-order valence-electron chi connectivity index (χ0n) is 8.77. The van der Waals surface area contributed by atoms with Crippen molar-refractivity contribution >= 4 is 33.8 Å². The van der Waals surface area contributed by atoms with E-state index in [0.717, 1.165) is 0 Å². The molecule has 17 heavy (non-hydrogen) atoms. The van der Waals surface area contributed by atoms with E-state index in [0.29, 0.717) is 5.02 Å². The van der Waals surface area contributed by atoms with Crippen LogP contribution in [0.3, 0.4) is 0 Å². The van der Waals surface area contributed by atoms with E-state index in [1.54, 1.807) is 6.07 Å². The Morgan fingerprint density at radius 1 is 1.47 bits per heavy atom. The van der Waals surface area contributed by atoms with Crippen molar-refractivity contribution < 1.29 is 12.8 Å². The van der Waals surface area contributed by atoms with E-state index in [1.807, 2.05) is 0 Å². The van der Waals surface area contributed by atoms with Crippen LogP contribution in [0.5, 0.6) is 0 Å². The van der Waals surface area contributed by atoms with Gasteiger partial charge in [-0.3, -0.25) is 0 Å². The lowest BCUT2D eigenvalue weighted by atomic mass is 10.3. The van der Waals surface area contributed by atoms with Gasteiger partial charge in [-0.2, -0.15) is 0 Å². The van der Waals surface area contributed by atoms with E-state index in [2.05, 4.69) is 0 Å². The fourth-order valence-corrected chi connectivity index (χ4v) is 2.81. The molecule has 0 aliphatic carbocycles. The molecule has 0 amide bonds. The molecular weight excluding hydrogens is 288 g/mol. The van der Waals surface area contributed by atoms with Crippen LogP contribution in [0.15, 0.2) is 41.1 Å². The summed E-state index contributed by atoms with van der Waals surface area (Å²) in [5, 5.41) is 0.319. The highest BCUT2D eigenvalue weighted by Crippen LogP contribution is 2.18. The van der Waals surface area contributed by atoms with E-state index in [1.165, 1.54) is 18.2 Å². The molecule has 0 radical (unpaired) electrons. The third-order valence-electron chi connectivity index (χ3n) is 1.95. The van der Waals surface area contributed by atoms with Gasteiger partial charge in [0.25, 0.3) is 0 Å². The molecule has 0 heterocycles. The molecule has 0 unspecified atom stereocenters. The Kier molecular flexibility index (Phi) is 6.70. The maximum atomic E-state index is 12.3. The molecule has 1 aromatic carbocycles. The van der Waals surface area contributed by atoms with Crippen molar-refractivity contribution in [2.75, 3.05) is 12.3 Å². The first-order valence-corrected chi connectivity index (χ1v) is 6.49. The third-order valence-corrected chi connectivity index (χ3v) is 3.91. The first-order chi connectivity index (χ1) is 7.49. The van der Waals surface area contributed by atoms with Crippen LogP contribution in [0, 0.1) is 0 Å². The second kappa shape index (κ2) is 6.96. The minimum atomic E-state index is -3.58. The maximum absolute atomic E-state index is 12.3. The second-order valence-corrected chi connectivity index (χ2v) is 5.61. The van der Waals surface area contributed by atoms with E-state index in [9.17, 15) is 12.8 Å². The molecule has 0 spiro atoms. The van der Waals surface area contributed by atoms with Gasteiger partial charge in [0.05, 0.1) is 17.0 Å². The number of benzene rings is 1. The van der Waals surface area contributed by atoms with Crippen molar-refractivity contribution in [1.82, 2.24) is 0 Å². The monoisotopic (exact) mass is 299 g/mol. The average Bonchev–Trinajstić information content (AvgIpc) is 2.26. The van der Waals surface area contributed by atoms with Gasteiger partial charge in [-0.25, -0.2) is 12.8 Å². The van der Waals surface area contributed by atoms with Crippen LogP contribution in [0.1, 0.15) is 0 Å². The highest BCUT2D eigenvalue weighted by molar-refractivity contribution is 7.91. The molecule has 3 nitrogen and oxygen atoms in total. The minimum Gasteiger partial charge on any atom is -0.327 e. The Labute approximate surface area is 111 Å². The van der Waals surface area contributed by atoms with E-state index in [-0.39, 0.29) is 35.8 Å². The zero-order chi connectivity index (χ0) is 12.2. The Balaban J connectivity index is 0.00000256. The van der Waals surface area contributed by atoms with Gasteiger partial charge in [0.15, 0.2) is 9.84 Å². The zero-order valence-corrected chi connectivity index (χ0v) is 11.2. The van der Waals surface area contributed by atoms with Gasteiger partial charge in [0.1, 0.15) is 0 Å². The summed E-state index contributed by atoms with van der Waals surface area (Å²) in [6.45, 7) is -0.129. The normalized spacial score (nSPS) is 12.1. The Morgan fingerprint density at radius 2 is 2.12 bits per heavy atom. The van der Waals surface area contributed by atoms with Gasteiger partial charge in [-0.05, 0) is 23.8 Å². The predicted molar refractivity (Wildman–Crippen MR) is 69.0 cm³/mol. The fraction of sp³-hybridized carbons (Fsp3) is 0.200. The van der Waals surface area contributed by atoms with Crippen LogP contribution in [0.2, 0.25) is 5.02 Å². The van der Waals surface area contributed by atoms with Crippen molar-refractivity contribution in [3.63, 3.8) is 0 Å². The van der Waals surface area contributed by atoms with Gasteiger partial charge in [0.2, 0.25) is 0 Å². The summed E-state index contributed by atoms with van der Waals surface area (Å²) in [5.41, 5.74) is 5.23. The lowest BCUT2D eigenvalue weighted by Gasteiger charge is -2.05. The van der Waals surface area contributed by atoms with Crippen LogP contribution in [-0.4, -0.2) is 20.7 Å². The van der Waals surface area contributed by atoms with Gasteiger partial charge in [0, 0.05) is 11.6 Å². The quantitative estimate of drug-likeness (QED) is 0.928. The summed E-state index contributed by atoms with van der Waals surface area (Å²) >= 11 is 5.68. The number of sulfone groups is 1. The first-order valence-electron chi connectivity index (χ1n) is 4.46. The van der Waals surface area contributed by atoms with Crippen molar-refractivity contribution in [3.8, 4) is 0 Å². The topological polar surface area (TPSA) is 60.2 Å². The van der Waals surface area contributed by atoms with Crippen LogP contribution >= 0.6 is 24.0 Å². The molecule has 0 bridgehead atoms. The molecule has 0 aromatic heterocycles. The summed E-state index contributed by atoms with van der Waals surface area (Å²) in [5.74, 6) is -0.430. The molecule has 0 aliphatic rings. The first kappa shape index (κ1) is 16.4. The largest absolute Gasteiger partial charge is 0.327 e. The minimum absolute atomic E-state index is 0. The molecule has 0 atom stereocenters. The standard InChI is InChI=1S/C10H11ClFNO2S.ClH/c11-9-2-1-3-10(4-9)16(14,15)7-8(5-12)6-13;/h1-5H,6-7,13H2;1H/b8-5+;. The van der Waals surface area contributed by atoms with Gasteiger partial charge >= 0.3 is 0 Å². The number of nitrogens with two attached hydrogens (primary N) is 1. The van der Waals surface area contributed by atoms with Crippen molar-refractivity contribution in [1.29, 1.82) is 0 Å². The highest BCUT2D eigenvalue weighted by Gasteiger charge is 2.16. The molecule has 96 valence electrons. The van der Waals surface area contributed by atoms with Crippen LogP contribution in [0.4, 0.5) is 4.39 Å². The number of rotatable bonds is 4. The van der Waals surface area contributed by atoms with Crippen LogP contribution in [-0.2, 0) is 9.84 Å². The number of hydrogen-bond acceptors (Lipinski definition) is 3.